The van der Waals surface area contributed by atoms with E-state index in [0.29, 0.717) is 6.61 Å². The Morgan fingerprint density at radius 2 is 2.25 bits per heavy atom. The molecule has 0 saturated heterocycles. The van der Waals surface area contributed by atoms with Gasteiger partial charge in [-0.25, -0.2) is 0 Å². The number of carbonyl (C=O) groups is 1. The van der Waals surface area contributed by atoms with Gasteiger partial charge in [-0.3, -0.25) is 5.92 Å². The van der Waals surface area contributed by atoms with Gasteiger partial charge in [-0.15, -0.1) is 0 Å². The first kappa shape index (κ1) is 11.2. The number of carbonyl (C=O) groups excluding carboxylic acids is 1. The number of rotatable bonds is 3. The monoisotopic (exact) mass is 191 g/mol. The van der Waals surface area contributed by atoms with Gasteiger partial charge in [0.05, 0.1) is 0 Å². The topological polar surface area (TPSA) is 26.3 Å². The Balaban J connectivity index is 0. The minimum absolute atomic E-state index is 0. The van der Waals surface area contributed by atoms with Gasteiger partial charge in [-0.05, 0) is 6.29 Å². The number of ether oxygens (including phenoxy) is 1. The quantitative estimate of drug-likeness (QED) is 0.479. The summed E-state index contributed by atoms with van der Waals surface area (Å²) in [5, 5.41) is 0. The van der Waals surface area contributed by atoms with Crippen LogP contribution in [0.25, 0.3) is 0 Å². The molecule has 0 aromatic heterocycles. The first-order valence-electron chi connectivity index (χ1n) is 2.07. The van der Waals surface area contributed by atoms with Crippen LogP contribution in [0.4, 0.5) is 0 Å². The Morgan fingerprint density at radius 3 is 2.38 bits per heavy atom. The van der Waals surface area contributed by atoms with Crippen LogP contribution in [-0.4, -0.2) is 20.0 Å². The third-order valence-corrected chi connectivity index (χ3v) is 0.573. The number of aldehydes is 1. The van der Waals surface area contributed by atoms with Crippen LogP contribution in [0.2, 0.25) is 0 Å². The normalized spacial score (nSPS) is 7.25. The molecule has 0 aliphatic heterocycles. The van der Waals surface area contributed by atoms with E-state index in [-0.39, 0.29) is 26.2 Å². The average molecular weight is 192 g/mol. The SMILES string of the molecule is COC[C-](C)C=O.[Zr]. The van der Waals surface area contributed by atoms with Crippen LogP contribution in [0, 0.1) is 5.92 Å². The maximum absolute atomic E-state index is 9.78. The molecule has 0 N–H and O–H groups in total. The molecule has 0 heterocycles. The third kappa shape index (κ3) is 6.38. The molecule has 0 bridgehead atoms. The molecule has 3 heteroatoms. The van der Waals surface area contributed by atoms with Gasteiger partial charge in [0.1, 0.15) is 0 Å². The van der Waals surface area contributed by atoms with E-state index >= 15 is 0 Å². The molecule has 0 amide bonds. The molecule has 0 rings (SSSR count). The Kier molecular flexibility index (Phi) is 10.4. The zero-order valence-electron chi connectivity index (χ0n) is 5.10. The van der Waals surface area contributed by atoms with Crippen LogP contribution < -0.4 is 0 Å². The van der Waals surface area contributed by atoms with Crippen molar-refractivity contribution in [2.75, 3.05) is 13.7 Å². The van der Waals surface area contributed by atoms with E-state index in [2.05, 4.69) is 4.74 Å². The average Bonchev–Trinajstić information content (AvgIpc) is 1.68. The van der Waals surface area contributed by atoms with E-state index in [1.807, 2.05) is 0 Å². The van der Waals surface area contributed by atoms with Crippen molar-refractivity contribution in [3.05, 3.63) is 5.92 Å². The predicted molar refractivity (Wildman–Crippen MR) is 26.9 cm³/mol. The van der Waals surface area contributed by atoms with Crippen LogP contribution in [0.5, 0.6) is 0 Å². The second kappa shape index (κ2) is 7.38. The molecule has 2 nitrogen and oxygen atoms in total. The molecular weight excluding hydrogens is 183 g/mol. The second-order valence-electron chi connectivity index (χ2n) is 1.40. The third-order valence-electron chi connectivity index (χ3n) is 0.573. The molecule has 0 aliphatic carbocycles. The summed E-state index contributed by atoms with van der Waals surface area (Å²) in [4.78, 5) is 9.78. The van der Waals surface area contributed by atoms with Crippen LogP contribution in [0.3, 0.4) is 0 Å². The zero-order valence-corrected chi connectivity index (χ0v) is 7.56. The van der Waals surface area contributed by atoms with E-state index in [1.54, 1.807) is 14.0 Å². The number of methoxy groups -OCH3 is 1. The maximum atomic E-state index is 9.78. The molecule has 0 spiro atoms. The standard InChI is InChI=1S/C5H9O2.Zr/c1-5(3-6)4-7-2;/h3H,4H2,1-2H3;/q-1;. The van der Waals surface area contributed by atoms with E-state index in [0.717, 1.165) is 12.2 Å². The number of hydrogen-bond donors (Lipinski definition) is 0. The molecule has 46 valence electrons. The second-order valence-corrected chi connectivity index (χ2v) is 1.40. The first-order chi connectivity index (χ1) is 3.31. The van der Waals surface area contributed by atoms with E-state index in [1.165, 1.54) is 0 Å². The summed E-state index contributed by atoms with van der Waals surface area (Å²) < 4.78 is 4.63. The smallest absolute Gasteiger partial charge is 0.0322 e. The Hall–Kier alpha value is 0.383. The molecule has 8 heavy (non-hydrogen) atoms. The number of hydrogen-bond acceptors (Lipinski definition) is 2. The van der Waals surface area contributed by atoms with Crippen molar-refractivity contribution in [1.82, 2.24) is 0 Å². The minimum Gasteiger partial charge on any atom is -0.413 e. The van der Waals surface area contributed by atoms with E-state index in [9.17, 15) is 4.79 Å². The predicted octanol–water partition coefficient (Wildman–Crippen LogP) is 0.424. The van der Waals surface area contributed by atoms with Gasteiger partial charge in [-0.2, -0.15) is 6.92 Å². The molecule has 0 aliphatic rings. The summed E-state index contributed by atoms with van der Waals surface area (Å²) >= 11 is 0. The largest absolute Gasteiger partial charge is 0.413 e. The summed E-state index contributed by atoms with van der Waals surface area (Å²) in [7, 11) is 1.56. The summed E-state index contributed by atoms with van der Waals surface area (Å²) in [6.45, 7) is 2.18. The maximum Gasteiger partial charge on any atom is 0.0322 e. The van der Waals surface area contributed by atoms with Crippen molar-refractivity contribution >= 4 is 6.29 Å². The zero-order chi connectivity index (χ0) is 5.70. The van der Waals surface area contributed by atoms with Crippen LogP contribution in [0.15, 0.2) is 0 Å². The van der Waals surface area contributed by atoms with Gasteiger partial charge in [0.15, 0.2) is 0 Å². The summed E-state index contributed by atoms with van der Waals surface area (Å²) in [5.41, 5.74) is 0. The fraction of sp³-hybridized carbons (Fsp3) is 0.600. The van der Waals surface area contributed by atoms with Crippen molar-refractivity contribution < 1.29 is 35.7 Å². The van der Waals surface area contributed by atoms with Gasteiger partial charge >= 0.3 is 0 Å². The van der Waals surface area contributed by atoms with Gasteiger partial charge < -0.3 is 9.53 Å². The molecule has 0 atom stereocenters. The molecule has 0 saturated carbocycles. The van der Waals surface area contributed by atoms with Crippen molar-refractivity contribution in [2.45, 2.75) is 6.92 Å². The minimum atomic E-state index is 0. The Bertz CT molecular complexity index is 56.4. The molecule has 0 unspecified atom stereocenters. The van der Waals surface area contributed by atoms with Crippen LogP contribution in [-0.2, 0) is 35.7 Å². The summed E-state index contributed by atoms with van der Waals surface area (Å²) in [6, 6.07) is 0. The Morgan fingerprint density at radius 1 is 1.75 bits per heavy atom. The van der Waals surface area contributed by atoms with Crippen molar-refractivity contribution in [3.63, 3.8) is 0 Å². The van der Waals surface area contributed by atoms with Crippen LogP contribution >= 0.6 is 0 Å². The first-order valence-corrected chi connectivity index (χ1v) is 2.07. The van der Waals surface area contributed by atoms with Gasteiger partial charge in [-0.1, -0.05) is 6.61 Å². The van der Waals surface area contributed by atoms with Crippen LogP contribution in [0.1, 0.15) is 6.92 Å². The van der Waals surface area contributed by atoms with Crippen molar-refractivity contribution in [2.24, 2.45) is 0 Å². The van der Waals surface area contributed by atoms with Crippen molar-refractivity contribution in [1.29, 1.82) is 0 Å². The summed E-state index contributed by atoms with van der Waals surface area (Å²) in [6.07, 6.45) is 0.795. The molecular formula is C5H9O2Zr-. The van der Waals surface area contributed by atoms with E-state index < -0.39 is 0 Å². The van der Waals surface area contributed by atoms with E-state index in [4.69, 9.17) is 0 Å². The van der Waals surface area contributed by atoms with Gasteiger partial charge in [0, 0.05) is 33.3 Å². The fourth-order valence-electron chi connectivity index (χ4n) is 0.262. The molecule has 0 aromatic rings. The van der Waals surface area contributed by atoms with Gasteiger partial charge in [0.2, 0.25) is 0 Å². The molecule has 0 fully saturated rings. The summed E-state index contributed by atoms with van der Waals surface area (Å²) in [5.74, 6) is 0.725. The van der Waals surface area contributed by atoms with Gasteiger partial charge in [0.25, 0.3) is 0 Å². The Labute approximate surface area is 68.7 Å². The van der Waals surface area contributed by atoms with Crippen molar-refractivity contribution in [3.8, 4) is 0 Å². The molecule has 0 aromatic carbocycles. The fourth-order valence-corrected chi connectivity index (χ4v) is 0.262. The molecule has 0 radical (unpaired) electrons.